The fraction of sp³-hybridized carbons (Fsp3) is 0.227. The minimum Gasteiger partial charge on any atom is -0.388 e. The molecule has 3 aromatic heterocycles. The highest BCUT2D eigenvalue weighted by atomic mass is 32.1. The molecule has 4 aromatic rings. The zero-order valence-corrected chi connectivity index (χ0v) is 17.4. The summed E-state index contributed by atoms with van der Waals surface area (Å²) in [4.78, 5) is 26.3. The van der Waals surface area contributed by atoms with Crippen LogP contribution in [0.4, 0.5) is 4.39 Å². The van der Waals surface area contributed by atoms with E-state index < -0.39 is 11.6 Å². The third kappa shape index (κ3) is 4.04. The van der Waals surface area contributed by atoms with E-state index in [0.717, 1.165) is 29.0 Å². The predicted octanol–water partition coefficient (Wildman–Crippen LogP) is 4.25. The quantitative estimate of drug-likeness (QED) is 0.415. The molecule has 0 atom stereocenters. The number of benzene rings is 1. The van der Waals surface area contributed by atoms with E-state index >= 15 is 0 Å². The molecule has 3 heterocycles. The Bertz CT molecular complexity index is 1230. The van der Waals surface area contributed by atoms with Gasteiger partial charge in [-0.05, 0) is 62.0 Å². The van der Waals surface area contributed by atoms with Crippen LogP contribution in [-0.4, -0.2) is 20.1 Å². The Hall–Kier alpha value is -3.26. The fourth-order valence-electron chi connectivity index (χ4n) is 3.44. The second-order valence-electron chi connectivity index (χ2n) is 7.03. The Balaban J connectivity index is 1.52. The number of hydrogen-bond acceptors (Lipinski definition) is 5. The lowest BCUT2D eigenvalue weighted by Gasteiger charge is -2.09. The Labute approximate surface area is 176 Å². The van der Waals surface area contributed by atoms with Gasteiger partial charge in [0, 0.05) is 33.9 Å². The van der Waals surface area contributed by atoms with Gasteiger partial charge in [-0.3, -0.25) is 4.79 Å². The largest absolute Gasteiger partial charge is 0.437 e. The first-order chi connectivity index (χ1) is 14.4. The molecule has 0 saturated carbocycles. The molecule has 0 saturated heterocycles. The average molecular weight is 425 g/mol. The van der Waals surface area contributed by atoms with Crippen molar-refractivity contribution in [2.75, 3.05) is 0 Å². The number of rotatable bonds is 7. The molecule has 0 bridgehead atoms. The van der Waals surface area contributed by atoms with E-state index in [-0.39, 0.29) is 18.2 Å². The fourth-order valence-corrected chi connectivity index (χ4v) is 4.14. The minimum atomic E-state index is -0.728. The first-order valence-electron chi connectivity index (χ1n) is 9.48. The van der Waals surface area contributed by atoms with E-state index in [4.69, 9.17) is 4.42 Å². The maximum absolute atomic E-state index is 13.1. The number of aryl methyl sites for hydroxylation is 2. The maximum Gasteiger partial charge on any atom is 0.437 e. The van der Waals surface area contributed by atoms with E-state index in [1.807, 2.05) is 26.0 Å². The van der Waals surface area contributed by atoms with E-state index in [9.17, 15) is 14.0 Å². The van der Waals surface area contributed by atoms with Crippen LogP contribution in [0.5, 0.6) is 0 Å². The van der Waals surface area contributed by atoms with E-state index in [0.29, 0.717) is 11.1 Å². The number of Topliss-reactive ketones (excluding diaryl/α,β-unsaturated/α-hetero) is 1. The van der Waals surface area contributed by atoms with Crippen molar-refractivity contribution in [3.63, 3.8) is 0 Å². The van der Waals surface area contributed by atoms with Crippen molar-refractivity contribution < 1.29 is 13.6 Å². The number of halogens is 1. The zero-order chi connectivity index (χ0) is 21.3. The molecular formula is C22H20FN3O3S. The topological polar surface area (TPSA) is 70.0 Å². The highest BCUT2D eigenvalue weighted by molar-refractivity contribution is 7.09. The summed E-state index contributed by atoms with van der Waals surface area (Å²) in [6, 6.07) is 11.4. The van der Waals surface area contributed by atoms with Crippen LogP contribution in [0.1, 0.15) is 26.6 Å². The van der Waals surface area contributed by atoms with Crippen molar-refractivity contribution in [2.24, 2.45) is 0 Å². The number of aromatic nitrogens is 3. The highest BCUT2D eigenvalue weighted by Gasteiger charge is 2.19. The Kier molecular flexibility index (Phi) is 5.50. The van der Waals surface area contributed by atoms with Crippen LogP contribution in [0.3, 0.4) is 0 Å². The number of carbonyl (C=O) groups is 1. The molecule has 4 rings (SSSR count). The number of ketones is 1. The summed E-state index contributed by atoms with van der Waals surface area (Å²) in [6.45, 7) is 4.43. The van der Waals surface area contributed by atoms with Crippen LogP contribution in [0.2, 0.25) is 0 Å². The highest BCUT2D eigenvalue weighted by Crippen LogP contribution is 2.19. The van der Waals surface area contributed by atoms with Gasteiger partial charge in [-0.25, -0.2) is 9.18 Å². The molecule has 30 heavy (non-hydrogen) atoms. The van der Waals surface area contributed by atoms with E-state index in [2.05, 4.69) is 21.1 Å². The Morgan fingerprint density at radius 1 is 1.20 bits per heavy atom. The van der Waals surface area contributed by atoms with Gasteiger partial charge in [0.05, 0.1) is 0 Å². The summed E-state index contributed by atoms with van der Waals surface area (Å²) in [5.41, 5.74) is 2.89. The lowest BCUT2D eigenvalue weighted by Crippen LogP contribution is -2.22. The van der Waals surface area contributed by atoms with Gasteiger partial charge in [0.2, 0.25) is 5.89 Å². The molecule has 0 aliphatic carbocycles. The molecule has 1 aromatic carbocycles. The molecule has 0 aliphatic rings. The Morgan fingerprint density at radius 2 is 1.97 bits per heavy atom. The standard InChI is InChI=1S/C22H20FN3O3S/c1-14-12-19(15(2)25(14)10-9-18-4-3-11-30-18)20(27)13-26-22(28)29-21(24-26)16-5-7-17(23)8-6-16/h3-8,11-12H,9-10,13H2,1-2H3. The molecule has 0 fully saturated rings. The molecule has 0 spiro atoms. The van der Waals surface area contributed by atoms with Gasteiger partial charge >= 0.3 is 5.76 Å². The van der Waals surface area contributed by atoms with Crippen LogP contribution >= 0.6 is 11.3 Å². The number of carbonyl (C=O) groups excluding carboxylic acids is 1. The van der Waals surface area contributed by atoms with Crippen molar-refractivity contribution in [3.05, 3.63) is 86.0 Å². The first kappa shape index (κ1) is 20.0. The average Bonchev–Trinajstić information content (AvgIpc) is 3.42. The molecule has 154 valence electrons. The lowest BCUT2D eigenvalue weighted by molar-refractivity contribution is 0.0964. The van der Waals surface area contributed by atoms with Gasteiger partial charge in [0.25, 0.3) is 0 Å². The summed E-state index contributed by atoms with van der Waals surface area (Å²) in [6.07, 6.45) is 0.894. The van der Waals surface area contributed by atoms with E-state index in [1.165, 1.54) is 29.1 Å². The summed E-state index contributed by atoms with van der Waals surface area (Å²) in [7, 11) is 0. The van der Waals surface area contributed by atoms with Crippen molar-refractivity contribution in [2.45, 2.75) is 33.4 Å². The zero-order valence-electron chi connectivity index (χ0n) is 16.6. The molecule has 0 radical (unpaired) electrons. The van der Waals surface area contributed by atoms with Gasteiger partial charge in [-0.15, -0.1) is 16.4 Å². The second-order valence-corrected chi connectivity index (χ2v) is 8.06. The van der Waals surface area contributed by atoms with Gasteiger partial charge in [-0.2, -0.15) is 4.68 Å². The third-order valence-electron chi connectivity index (χ3n) is 5.03. The van der Waals surface area contributed by atoms with Crippen LogP contribution in [0.15, 0.2) is 57.1 Å². The molecule has 0 N–H and O–H groups in total. The first-order valence-corrected chi connectivity index (χ1v) is 10.4. The molecule has 8 heteroatoms. The molecular weight excluding hydrogens is 405 g/mol. The smallest absolute Gasteiger partial charge is 0.388 e. The summed E-state index contributed by atoms with van der Waals surface area (Å²) < 4.78 is 21.3. The summed E-state index contributed by atoms with van der Waals surface area (Å²) >= 11 is 1.71. The van der Waals surface area contributed by atoms with Crippen LogP contribution in [0.25, 0.3) is 11.5 Å². The summed E-state index contributed by atoms with van der Waals surface area (Å²) in [5.74, 6) is -1.29. The minimum absolute atomic E-state index is 0.0502. The monoisotopic (exact) mass is 425 g/mol. The Morgan fingerprint density at radius 3 is 2.67 bits per heavy atom. The van der Waals surface area contributed by atoms with Crippen molar-refractivity contribution >= 4 is 17.1 Å². The molecule has 0 unspecified atom stereocenters. The van der Waals surface area contributed by atoms with Gasteiger partial charge < -0.3 is 8.98 Å². The van der Waals surface area contributed by atoms with Crippen LogP contribution < -0.4 is 5.76 Å². The van der Waals surface area contributed by atoms with Gasteiger partial charge in [-0.1, -0.05) is 6.07 Å². The van der Waals surface area contributed by atoms with Crippen molar-refractivity contribution in [1.82, 2.24) is 14.3 Å². The second kappa shape index (κ2) is 8.23. The molecule has 0 aliphatic heterocycles. The van der Waals surface area contributed by atoms with Crippen molar-refractivity contribution in [3.8, 4) is 11.5 Å². The third-order valence-corrected chi connectivity index (χ3v) is 5.96. The normalized spacial score (nSPS) is 11.2. The van der Waals surface area contributed by atoms with Crippen LogP contribution in [0, 0.1) is 19.7 Å². The number of hydrogen-bond donors (Lipinski definition) is 0. The van der Waals surface area contributed by atoms with E-state index in [1.54, 1.807) is 11.3 Å². The lowest BCUT2D eigenvalue weighted by atomic mass is 10.1. The summed E-state index contributed by atoms with van der Waals surface area (Å²) in [5, 5.41) is 6.14. The number of thiophene rings is 1. The van der Waals surface area contributed by atoms with Crippen LogP contribution in [-0.2, 0) is 19.5 Å². The molecule has 6 nitrogen and oxygen atoms in total. The molecule has 0 amide bonds. The van der Waals surface area contributed by atoms with Gasteiger partial charge in [0.1, 0.15) is 12.4 Å². The van der Waals surface area contributed by atoms with Crippen molar-refractivity contribution in [1.29, 1.82) is 0 Å². The van der Waals surface area contributed by atoms with Gasteiger partial charge in [0.15, 0.2) is 5.78 Å². The maximum atomic E-state index is 13.1. The SMILES string of the molecule is Cc1cc(C(=O)Cn2nc(-c3ccc(F)cc3)oc2=O)c(C)n1CCc1cccs1. The predicted molar refractivity (Wildman–Crippen MR) is 112 cm³/mol. The number of nitrogens with zero attached hydrogens (tertiary/aromatic N) is 3.